The third-order valence-electron chi connectivity index (χ3n) is 4.13. The standard InChI is InChI=1S/C15H20FN3O/c16-13-5-3-12(4-6-13)11-18-8-9-19(15(18)20)14-2-1-7-17-10-14/h3-6,14,17H,1-2,7-11H2/t14-/m0/s1. The Hall–Kier alpha value is -1.62. The van der Waals surface area contributed by atoms with E-state index >= 15 is 0 Å². The van der Waals surface area contributed by atoms with Crippen molar-refractivity contribution in [3.8, 4) is 0 Å². The highest BCUT2D eigenvalue weighted by Gasteiger charge is 2.33. The SMILES string of the molecule is O=C1N(Cc2ccc(F)cc2)CCN1[C@H]1CCCNC1. The molecule has 1 aromatic rings. The molecule has 2 aliphatic heterocycles. The van der Waals surface area contributed by atoms with Gasteiger partial charge in [0, 0.05) is 32.2 Å². The third kappa shape index (κ3) is 2.77. The molecule has 5 heteroatoms. The Bertz CT molecular complexity index is 471. The quantitative estimate of drug-likeness (QED) is 0.914. The van der Waals surface area contributed by atoms with Gasteiger partial charge < -0.3 is 15.1 Å². The van der Waals surface area contributed by atoms with Crippen LogP contribution in [0.4, 0.5) is 9.18 Å². The Balaban J connectivity index is 1.61. The lowest BCUT2D eigenvalue weighted by molar-refractivity contribution is 0.166. The monoisotopic (exact) mass is 277 g/mol. The van der Waals surface area contributed by atoms with E-state index < -0.39 is 0 Å². The van der Waals surface area contributed by atoms with Crippen molar-refractivity contribution in [3.05, 3.63) is 35.6 Å². The Labute approximate surface area is 118 Å². The van der Waals surface area contributed by atoms with Crippen molar-refractivity contribution >= 4 is 6.03 Å². The van der Waals surface area contributed by atoms with Gasteiger partial charge in [-0.25, -0.2) is 9.18 Å². The fourth-order valence-electron chi connectivity index (χ4n) is 3.00. The summed E-state index contributed by atoms with van der Waals surface area (Å²) in [7, 11) is 0. The number of hydrogen-bond donors (Lipinski definition) is 1. The highest BCUT2D eigenvalue weighted by Crippen LogP contribution is 2.19. The summed E-state index contributed by atoms with van der Waals surface area (Å²) in [6.07, 6.45) is 2.22. The number of nitrogens with one attached hydrogen (secondary N) is 1. The maximum Gasteiger partial charge on any atom is 0.320 e. The first-order chi connectivity index (χ1) is 9.74. The highest BCUT2D eigenvalue weighted by molar-refractivity contribution is 5.77. The molecule has 2 heterocycles. The molecular formula is C15H20FN3O. The second-order valence-corrected chi connectivity index (χ2v) is 5.52. The van der Waals surface area contributed by atoms with E-state index in [0.29, 0.717) is 12.6 Å². The first kappa shape index (κ1) is 13.4. The number of piperidine rings is 1. The maximum absolute atomic E-state index is 12.9. The van der Waals surface area contributed by atoms with Gasteiger partial charge in [0.15, 0.2) is 0 Å². The number of rotatable bonds is 3. The molecule has 0 bridgehead atoms. The summed E-state index contributed by atoms with van der Waals surface area (Å²) in [5.41, 5.74) is 0.975. The zero-order valence-electron chi connectivity index (χ0n) is 11.5. The van der Waals surface area contributed by atoms with Gasteiger partial charge in [0.25, 0.3) is 0 Å². The van der Waals surface area contributed by atoms with E-state index in [-0.39, 0.29) is 11.8 Å². The number of halogens is 1. The lowest BCUT2D eigenvalue weighted by atomic mass is 10.1. The van der Waals surface area contributed by atoms with Crippen LogP contribution in [-0.4, -0.2) is 48.1 Å². The summed E-state index contributed by atoms with van der Waals surface area (Å²) in [6, 6.07) is 6.82. The summed E-state index contributed by atoms with van der Waals surface area (Å²) in [5.74, 6) is -0.239. The molecule has 1 N–H and O–H groups in total. The van der Waals surface area contributed by atoms with Crippen LogP contribution in [0.2, 0.25) is 0 Å². The van der Waals surface area contributed by atoms with E-state index in [1.807, 2.05) is 9.80 Å². The van der Waals surface area contributed by atoms with Gasteiger partial charge in [0.05, 0.1) is 0 Å². The number of amides is 2. The van der Waals surface area contributed by atoms with Crippen LogP contribution in [0.5, 0.6) is 0 Å². The van der Waals surface area contributed by atoms with E-state index in [1.165, 1.54) is 12.1 Å². The Kier molecular flexibility index (Phi) is 3.87. The Morgan fingerprint density at radius 2 is 2.05 bits per heavy atom. The normalized spacial score (nSPS) is 23.4. The molecule has 4 nitrogen and oxygen atoms in total. The molecule has 2 saturated heterocycles. The van der Waals surface area contributed by atoms with Gasteiger partial charge in [-0.15, -0.1) is 0 Å². The van der Waals surface area contributed by atoms with Crippen molar-refractivity contribution in [1.82, 2.24) is 15.1 Å². The summed E-state index contributed by atoms with van der Waals surface area (Å²) in [6.45, 7) is 4.07. The first-order valence-corrected chi connectivity index (χ1v) is 7.25. The molecule has 2 fully saturated rings. The van der Waals surface area contributed by atoms with Crippen LogP contribution in [0.15, 0.2) is 24.3 Å². The van der Waals surface area contributed by atoms with E-state index in [9.17, 15) is 9.18 Å². The molecule has 0 saturated carbocycles. The molecule has 0 aliphatic carbocycles. The predicted octanol–water partition coefficient (Wildman–Crippen LogP) is 1.82. The number of urea groups is 1. The van der Waals surface area contributed by atoms with Crippen molar-refractivity contribution in [3.63, 3.8) is 0 Å². The minimum atomic E-state index is -0.239. The van der Waals surface area contributed by atoms with Crippen molar-refractivity contribution in [1.29, 1.82) is 0 Å². The van der Waals surface area contributed by atoms with Crippen molar-refractivity contribution in [2.45, 2.75) is 25.4 Å². The number of carbonyl (C=O) groups excluding carboxylic acids is 1. The van der Waals surface area contributed by atoms with Crippen LogP contribution >= 0.6 is 0 Å². The molecule has 1 aromatic carbocycles. The van der Waals surface area contributed by atoms with E-state index in [2.05, 4.69) is 5.32 Å². The van der Waals surface area contributed by atoms with Gasteiger partial charge in [-0.2, -0.15) is 0 Å². The summed E-state index contributed by atoms with van der Waals surface area (Å²) >= 11 is 0. The topological polar surface area (TPSA) is 35.6 Å². The summed E-state index contributed by atoms with van der Waals surface area (Å²) < 4.78 is 12.9. The van der Waals surface area contributed by atoms with Gasteiger partial charge in [-0.1, -0.05) is 12.1 Å². The molecule has 1 atom stereocenters. The third-order valence-corrected chi connectivity index (χ3v) is 4.13. The second kappa shape index (κ2) is 5.79. The van der Waals surface area contributed by atoms with Crippen molar-refractivity contribution in [2.24, 2.45) is 0 Å². The predicted molar refractivity (Wildman–Crippen MR) is 74.8 cm³/mol. The van der Waals surface area contributed by atoms with Crippen LogP contribution in [0.25, 0.3) is 0 Å². The zero-order valence-corrected chi connectivity index (χ0v) is 11.5. The molecule has 0 aromatic heterocycles. The highest BCUT2D eigenvalue weighted by atomic mass is 19.1. The molecule has 2 aliphatic rings. The van der Waals surface area contributed by atoms with Gasteiger partial charge >= 0.3 is 6.03 Å². The summed E-state index contributed by atoms with van der Waals surface area (Å²) in [4.78, 5) is 16.3. The van der Waals surface area contributed by atoms with Crippen LogP contribution in [0.1, 0.15) is 18.4 Å². The molecule has 20 heavy (non-hydrogen) atoms. The van der Waals surface area contributed by atoms with Crippen LogP contribution < -0.4 is 5.32 Å². The summed E-state index contributed by atoms with van der Waals surface area (Å²) in [5, 5.41) is 3.35. The second-order valence-electron chi connectivity index (χ2n) is 5.52. The van der Waals surface area contributed by atoms with Gasteiger partial charge in [-0.3, -0.25) is 0 Å². The lowest BCUT2D eigenvalue weighted by Gasteiger charge is -2.31. The number of nitrogens with zero attached hydrogens (tertiary/aromatic N) is 2. The molecule has 0 radical (unpaired) electrons. The minimum Gasteiger partial charge on any atom is -0.319 e. The number of benzene rings is 1. The Morgan fingerprint density at radius 1 is 1.25 bits per heavy atom. The average molecular weight is 277 g/mol. The molecule has 2 amide bonds. The molecule has 108 valence electrons. The van der Waals surface area contributed by atoms with Gasteiger partial charge in [-0.05, 0) is 37.1 Å². The Morgan fingerprint density at radius 3 is 2.75 bits per heavy atom. The van der Waals surface area contributed by atoms with Crippen molar-refractivity contribution in [2.75, 3.05) is 26.2 Å². The zero-order chi connectivity index (χ0) is 13.9. The largest absolute Gasteiger partial charge is 0.320 e. The van der Waals surface area contributed by atoms with Crippen LogP contribution in [-0.2, 0) is 6.54 Å². The molecule has 0 spiro atoms. The van der Waals surface area contributed by atoms with E-state index in [1.54, 1.807) is 12.1 Å². The van der Waals surface area contributed by atoms with Gasteiger partial charge in [0.1, 0.15) is 5.82 Å². The van der Waals surface area contributed by atoms with E-state index in [0.717, 1.165) is 44.6 Å². The fourth-order valence-corrected chi connectivity index (χ4v) is 3.00. The van der Waals surface area contributed by atoms with Gasteiger partial charge in [0.2, 0.25) is 0 Å². The van der Waals surface area contributed by atoms with Crippen molar-refractivity contribution < 1.29 is 9.18 Å². The minimum absolute atomic E-state index is 0.114. The fraction of sp³-hybridized carbons (Fsp3) is 0.533. The number of carbonyl (C=O) groups is 1. The molecule has 3 rings (SSSR count). The maximum atomic E-state index is 12.9. The smallest absolute Gasteiger partial charge is 0.319 e. The number of hydrogen-bond acceptors (Lipinski definition) is 2. The van der Waals surface area contributed by atoms with Crippen LogP contribution in [0.3, 0.4) is 0 Å². The van der Waals surface area contributed by atoms with E-state index in [4.69, 9.17) is 0 Å². The molecular weight excluding hydrogens is 257 g/mol. The molecule has 0 unspecified atom stereocenters. The lowest BCUT2D eigenvalue weighted by Crippen LogP contribution is -2.47. The first-order valence-electron chi connectivity index (χ1n) is 7.25. The average Bonchev–Trinajstić information content (AvgIpc) is 2.84. The van der Waals surface area contributed by atoms with Crippen LogP contribution in [0, 0.1) is 5.82 Å².